The number of hydrogen-bond acceptors (Lipinski definition) is 4. The zero-order valence-electron chi connectivity index (χ0n) is 10.3. The van der Waals surface area contributed by atoms with Crippen LogP contribution in [0.3, 0.4) is 0 Å². The van der Waals surface area contributed by atoms with Crippen LogP contribution >= 0.6 is 0 Å². The highest BCUT2D eigenvalue weighted by atomic mass is 16.7. The number of likely N-dealkylation sites (tertiary alicyclic amines) is 1. The van der Waals surface area contributed by atoms with Gasteiger partial charge in [0.05, 0.1) is 13.0 Å². The van der Waals surface area contributed by atoms with E-state index in [0.29, 0.717) is 26.1 Å². The van der Waals surface area contributed by atoms with Gasteiger partial charge in [0.25, 0.3) is 0 Å². The van der Waals surface area contributed by atoms with E-state index in [4.69, 9.17) is 14.2 Å². The molecule has 1 heterocycles. The van der Waals surface area contributed by atoms with Crippen molar-refractivity contribution in [2.45, 2.75) is 25.0 Å². The van der Waals surface area contributed by atoms with E-state index >= 15 is 0 Å². The van der Waals surface area contributed by atoms with Crippen LogP contribution in [0.5, 0.6) is 0 Å². The maximum absolute atomic E-state index is 11.7. The van der Waals surface area contributed by atoms with Crippen molar-refractivity contribution in [3.8, 4) is 0 Å². The lowest BCUT2D eigenvalue weighted by atomic mass is 10.0. The lowest BCUT2D eigenvalue weighted by Gasteiger charge is -2.39. The smallest absolute Gasteiger partial charge is 0.224 e. The highest BCUT2D eigenvalue weighted by Crippen LogP contribution is 2.26. The fraction of sp³-hybridized carbons (Fsp3) is 0.909. The molecule has 0 unspecified atom stereocenters. The molecule has 5 heteroatoms. The Kier molecular flexibility index (Phi) is 5.18. The fourth-order valence-corrected chi connectivity index (χ4v) is 1.94. The number of carbonyl (C=O) groups excluding carboxylic acids is 1. The SMILES string of the molecule is COCCC(=O)N1CCC(OC)(OC)CC1. The molecule has 1 aliphatic rings. The molecule has 94 valence electrons. The first-order chi connectivity index (χ1) is 7.67. The van der Waals surface area contributed by atoms with Crippen molar-refractivity contribution in [3.05, 3.63) is 0 Å². The van der Waals surface area contributed by atoms with Gasteiger partial charge < -0.3 is 19.1 Å². The fourth-order valence-electron chi connectivity index (χ4n) is 1.94. The molecule has 16 heavy (non-hydrogen) atoms. The van der Waals surface area contributed by atoms with Crippen molar-refractivity contribution in [2.75, 3.05) is 41.0 Å². The van der Waals surface area contributed by atoms with E-state index in [0.717, 1.165) is 12.8 Å². The molecular formula is C11H21NO4. The van der Waals surface area contributed by atoms with Gasteiger partial charge in [-0.15, -0.1) is 0 Å². The van der Waals surface area contributed by atoms with Gasteiger partial charge in [0.2, 0.25) is 5.91 Å². The zero-order valence-corrected chi connectivity index (χ0v) is 10.3. The van der Waals surface area contributed by atoms with E-state index in [1.807, 2.05) is 4.90 Å². The van der Waals surface area contributed by atoms with Gasteiger partial charge in [-0.2, -0.15) is 0 Å². The van der Waals surface area contributed by atoms with E-state index in [1.165, 1.54) is 0 Å². The van der Waals surface area contributed by atoms with Crippen molar-refractivity contribution in [2.24, 2.45) is 0 Å². The lowest BCUT2D eigenvalue weighted by molar-refractivity contribution is -0.228. The second-order valence-corrected chi connectivity index (χ2v) is 3.94. The lowest BCUT2D eigenvalue weighted by Crippen LogP contribution is -2.48. The average Bonchev–Trinajstić information content (AvgIpc) is 2.36. The van der Waals surface area contributed by atoms with Gasteiger partial charge in [-0.3, -0.25) is 4.79 Å². The van der Waals surface area contributed by atoms with Crippen LogP contribution in [0.2, 0.25) is 0 Å². The van der Waals surface area contributed by atoms with Gasteiger partial charge in [0, 0.05) is 47.3 Å². The maximum Gasteiger partial charge on any atom is 0.224 e. The molecule has 0 saturated carbocycles. The zero-order chi connectivity index (χ0) is 12.0. The Balaban J connectivity index is 2.39. The summed E-state index contributed by atoms with van der Waals surface area (Å²) >= 11 is 0. The van der Waals surface area contributed by atoms with Gasteiger partial charge in [-0.05, 0) is 0 Å². The molecule has 0 radical (unpaired) electrons. The number of carbonyl (C=O) groups is 1. The molecule has 0 aromatic heterocycles. The van der Waals surface area contributed by atoms with Crippen LogP contribution in [0.15, 0.2) is 0 Å². The first-order valence-corrected chi connectivity index (χ1v) is 5.54. The van der Waals surface area contributed by atoms with E-state index < -0.39 is 5.79 Å². The van der Waals surface area contributed by atoms with Crippen molar-refractivity contribution < 1.29 is 19.0 Å². The molecule has 1 amide bonds. The predicted molar refractivity (Wildman–Crippen MR) is 59.1 cm³/mol. The number of amides is 1. The molecule has 0 N–H and O–H groups in total. The third-order valence-corrected chi connectivity index (χ3v) is 3.14. The summed E-state index contributed by atoms with van der Waals surface area (Å²) in [5.41, 5.74) is 0. The monoisotopic (exact) mass is 231 g/mol. The van der Waals surface area contributed by atoms with Crippen molar-refractivity contribution >= 4 is 5.91 Å². The molecule has 0 aromatic carbocycles. The van der Waals surface area contributed by atoms with Gasteiger partial charge in [0.1, 0.15) is 0 Å². The maximum atomic E-state index is 11.7. The molecule has 5 nitrogen and oxygen atoms in total. The van der Waals surface area contributed by atoms with E-state index in [2.05, 4.69) is 0 Å². The van der Waals surface area contributed by atoms with Crippen molar-refractivity contribution in [1.82, 2.24) is 4.90 Å². The second-order valence-electron chi connectivity index (χ2n) is 3.94. The molecule has 0 atom stereocenters. The molecule has 1 aliphatic heterocycles. The van der Waals surface area contributed by atoms with Crippen LogP contribution in [0.1, 0.15) is 19.3 Å². The van der Waals surface area contributed by atoms with Gasteiger partial charge in [0.15, 0.2) is 5.79 Å². The Hall–Kier alpha value is -0.650. The summed E-state index contributed by atoms with van der Waals surface area (Å²) in [4.78, 5) is 13.6. The molecule has 1 fully saturated rings. The van der Waals surface area contributed by atoms with Gasteiger partial charge in [-0.25, -0.2) is 0 Å². The molecular weight excluding hydrogens is 210 g/mol. The molecule has 1 saturated heterocycles. The second kappa shape index (κ2) is 6.18. The Morgan fingerprint density at radius 3 is 2.19 bits per heavy atom. The van der Waals surface area contributed by atoms with Gasteiger partial charge in [-0.1, -0.05) is 0 Å². The topological polar surface area (TPSA) is 48.0 Å². The molecule has 0 aromatic rings. The Morgan fingerprint density at radius 1 is 1.19 bits per heavy atom. The summed E-state index contributed by atoms with van der Waals surface area (Å²) in [7, 11) is 4.89. The molecule has 0 spiro atoms. The number of methoxy groups -OCH3 is 3. The summed E-state index contributed by atoms with van der Waals surface area (Å²) in [5, 5.41) is 0. The summed E-state index contributed by atoms with van der Waals surface area (Å²) < 4.78 is 15.6. The van der Waals surface area contributed by atoms with E-state index in [9.17, 15) is 4.79 Å². The minimum atomic E-state index is -0.502. The summed E-state index contributed by atoms with van der Waals surface area (Å²) in [5.74, 6) is -0.361. The van der Waals surface area contributed by atoms with Crippen LogP contribution in [0.25, 0.3) is 0 Å². The minimum absolute atomic E-state index is 0.141. The molecule has 1 rings (SSSR count). The van der Waals surface area contributed by atoms with E-state index in [1.54, 1.807) is 21.3 Å². The first kappa shape index (κ1) is 13.4. The molecule has 0 aliphatic carbocycles. The third kappa shape index (κ3) is 3.17. The van der Waals surface area contributed by atoms with Crippen LogP contribution in [0.4, 0.5) is 0 Å². The Bertz CT molecular complexity index is 218. The predicted octanol–water partition coefficient (Wildman–Crippen LogP) is 0.634. The highest BCUT2D eigenvalue weighted by Gasteiger charge is 2.35. The first-order valence-electron chi connectivity index (χ1n) is 5.54. The summed E-state index contributed by atoms with van der Waals surface area (Å²) in [6.45, 7) is 1.85. The third-order valence-electron chi connectivity index (χ3n) is 3.14. The quantitative estimate of drug-likeness (QED) is 0.651. The van der Waals surface area contributed by atoms with Crippen LogP contribution in [-0.2, 0) is 19.0 Å². The number of rotatable bonds is 5. The Morgan fingerprint density at radius 2 is 1.75 bits per heavy atom. The largest absolute Gasteiger partial charge is 0.384 e. The Labute approximate surface area is 96.6 Å². The molecule has 0 bridgehead atoms. The van der Waals surface area contributed by atoms with Crippen LogP contribution in [-0.4, -0.2) is 57.6 Å². The van der Waals surface area contributed by atoms with Crippen LogP contribution < -0.4 is 0 Å². The minimum Gasteiger partial charge on any atom is -0.384 e. The van der Waals surface area contributed by atoms with Crippen molar-refractivity contribution in [3.63, 3.8) is 0 Å². The number of nitrogens with zero attached hydrogens (tertiary/aromatic N) is 1. The van der Waals surface area contributed by atoms with E-state index in [-0.39, 0.29) is 5.91 Å². The highest BCUT2D eigenvalue weighted by molar-refractivity contribution is 5.76. The number of piperidine rings is 1. The average molecular weight is 231 g/mol. The van der Waals surface area contributed by atoms with Crippen molar-refractivity contribution in [1.29, 1.82) is 0 Å². The number of hydrogen-bond donors (Lipinski definition) is 0. The summed E-state index contributed by atoms with van der Waals surface area (Å²) in [6.07, 6.45) is 1.89. The van der Waals surface area contributed by atoms with Crippen LogP contribution in [0, 0.1) is 0 Å². The normalized spacial score (nSPS) is 19.8. The summed E-state index contributed by atoms with van der Waals surface area (Å²) in [6, 6.07) is 0. The number of ether oxygens (including phenoxy) is 3. The standard InChI is InChI=1S/C11H21NO4/c1-14-9-4-10(13)12-7-5-11(15-2,16-3)6-8-12/h4-9H2,1-3H3. The van der Waals surface area contributed by atoms with Gasteiger partial charge >= 0.3 is 0 Å².